The number of rotatable bonds is 1. The van der Waals surface area contributed by atoms with Crippen LogP contribution in [-0.2, 0) is 0 Å². The maximum atomic E-state index is 5.79. The molecule has 0 saturated carbocycles. The van der Waals surface area contributed by atoms with Gasteiger partial charge in [0.05, 0.1) is 9.26 Å². The van der Waals surface area contributed by atoms with Gasteiger partial charge in [0.15, 0.2) is 11.5 Å². The summed E-state index contributed by atoms with van der Waals surface area (Å²) in [5.41, 5.74) is 1.29. The van der Waals surface area contributed by atoms with Crippen molar-refractivity contribution in [2.75, 3.05) is 11.0 Å². The van der Waals surface area contributed by atoms with Crippen LogP contribution in [0.4, 0.5) is 5.69 Å². The molecule has 1 aromatic rings. The van der Waals surface area contributed by atoms with Gasteiger partial charge >= 0.3 is 0 Å². The third kappa shape index (κ3) is 2.11. The SMILES string of the molecule is C[Si]1(C)CC[Si](C)(C)N1c1ccc(I)c2c1OCO2. The van der Waals surface area contributed by atoms with Gasteiger partial charge in [0.25, 0.3) is 0 Å². The van der Waals surface area contributed by atoms with Crippen LogP contribution < -0.4 is 13.7 Å². The first kappa shape index (κ1) is 13.8. The van der Waals surface area contributed by atoms with Crippen LogP contribution in [0.25, 0.3) is 0 Å². The van der Waals surface area contributed by atoms with E-state index in [1.54, 1.807) is 0 Å². The zero-order valence-corrected chi connectivity index (χ0v) is 16.1. The van der Waals surface area contributed by atoms with Crippen molar-refractivity contribution >= 4 is 44.7 Å². The maximum Gasteiger partial charge on any atom is 0.231 e. The van der Waals surface area contributed by atoms with Crippen molar-refractivity contribution in [2.24, 2.45) is 0 Å². The lowest BCUT2D eigenvalue weighted by Crippen LogP contribution is -2.55. The number of nitrogens with zero attached hydrogens (tertiary/aromatic N) is 1. The van der Waals surface area contributed by atoms with E-state index in [1.807, 2.05) is 0 Å². The van der Waals surface area contributed by atoms with E-state index in [-0.39, 0.29) is 0 Å². The second-order valence-corrected chi connectivity index (χ2v) is 17.3. The van der Waals surface area contributed by atoms with Crippen LogP contribution in [0.3, 0.4) is 0 Å². The largest absolute Gasteiger partial charge is 0.452 e. The molecule has 0 unspecified atom stereocenters. The number of hydrogen-bond donors (Lipinski definition) is 0. The lowest BCUT2D eigenvalue weighted by Gasteiger charge is -2.41. The predicted molar refractivity (Wildman–Crippen MR) is 92.3 cm³/mol. The summed E-state index contributed by atoms with van der Waals surface area (Å²) in [7, 11) is -2.70. The first-order valence-corrected chi connectivity index (χ1v) is 14.1. The second-order valence-electron chi connectivity index (χ2n) is 6.59. The number of ether oxygens (including phenoxy) is 2. The average Bonchev–Trinajstić information content (AvgIpc) is 2.86. The third-order valence-electron chi connectivity index (χ3n) is 4.25. The van der Waals surface area contributed by atoms with E-state index >= 15 is 0 Å². The van der Waals surface area contributed by atoms with E-state index in [4.69, 9.17) is 9.47 Å². The molecule has 2 aliphatic rings. The molecule has 1 fully saturated rings. The summed E-state index contributed by atoms with van der Waals surface area (Å²) in [6.07, 6.45) is 0. The van der Waals surface area contributed by atoms with Crippen molar-refractivity contribution in [1.82, 2.24) is 0 Å². The summed E-state index contributed by atoms with van der Waals surface area (Å²) in [6, 6.07) is 7.20. The highest BCUT2D eigenvalue weighted by Crippen LogP contribution is 2.50. The summed E-state index contributed by atoms with van der Waals surface area (Å²) in [5, 5.41) is 0. The molecule has 0 bridgehead atoms. The molecule has 0 atom stereocenters. The maximum absolute atomic E-state index is 5.79. The number of anilines is 1. The van der Waals surface area contributed by atoms with Gasteiger partial charge in [-0.2, -0.15) is 0 Å². The Kier molecular flexibility index (Phi) is 3.18. The Morgan fingerprint density at radius 1 is 1.00 bits per heavy atom. The molecule has 0 aromatic heterocycles. The van der Waals surface area contributed by atoms with Crippen LogP contribution in [0.15, 0.2) is 12.1 Å². The summed E-state index contributed by atoms with van der Waals surface area (Å²) in [6.45, 7) is 10.3. The zero-order chi connectivity index (χ0) is 13.8. The smallest absolute Gasteiger partial charge is 0.231 e. The van der Waals surface area contributed by atoms with Gasteiger partial charge in [-0.3, -0.25) is 0 Å². The molecule has 19 heavy (non-hydrogen) atoms. The van der Waals surface area contributed by atoms with Gasteiger partial charge in [0.1, 0.15) is 16.5 Å². The van der Waals surface area contributed by atoms with Gasteiger partial charge in [-0.05, 0) is 46.8 Å². The molecule has 3 nitrogen and oxygen atoms in total. The highest BCUT2D eigenvalue weighted by atomic mass is 127. The van der Waals surface area contributed by atoms with Crippen LogP contribution in [0.2, 0.25) is 38.3 Å². The number of hydrogen-bond acceptors (Lipinski definition) is 3. The minimum Gasteiger partial charge on any atom is -0.452 e. The summed E-state index contributed by atoms with van der Waals surface area (Å²) in [5.74, 6) is 1.93. The number of fused-ring (bicyclic) bond motifs is 1. The van der Waals surface area contributed by atoms with Gasteiger partial charge in [-0.1, -0.05) is 26.2 Å². The first-order chi connectivity index (χ1) is 8.83. The number of halogens is 1. The van der Waals surface area contributed by atoms with E-state index in [9.17, 15) is 0 Å². The molecule has 0 aliphatic carbocycles. The van der Waals surface area contributed by atoms with Crippen LogP contribution in [0, 0.1) is 3.57 Å². The van der Waals surface area contributed by atoms with Crippen LogP contribution in [0.1, 0.15) is 0 Å². The summed E-state index contributed by atoms with van der Waals surface area (Å²) >= 11 is 2.32. The average molecular weight is 405 g/mol. The molecule has 6 heteroatoms. The molecule has 1 aromatic carbocycles. The van der Waals surface area contributed by atoms with Crippen LogP contribution >= 0.6 is 22.6 Å². The Labute approximate surface area is 130 Å². The van der Waals surface area contributed by atoms with Crippen molar-refractivity contribution < 1.29 is 9.47 Å². The highest BCUT2D eigenvalue weighted by molar-refractivity contribution is 14.1. The Morgan fingerprint density at radius 2 is 1.58 bits per heavy atom. The van der Waals surface area contributed by atoms with E-state index in [0.717, 1.165) is 15.1 Å². The van der Waals surface area contributed by atoms with Crippen molar-refractivity contribution in [3.63, 3.8) is 0 Å². The minimum atomic E-state index is -1.35. The van der Waals surface area contributed by atoms with Crippen LogP contribution in [0.5, 0.6) is 11.5 Å². The lowest BCUT2D eigenvalue weighted by molar-refractivity contribution is 0.173. The topological polar surface area (TPSA) is 21.7 Å². The first-order valence-electron chi connectivity index (χ1n) is 6.71. The Morgan fingerprint density at radius 3 is 2.21 bits per heavy atom. The molecule has 3 rings (SSSR count). The van der Waals surface area contributed by atoms with Crippen LogP contribution in [-0.4, -0.2) is 23.3 Å². The summed E-state index contributed by atoms with van der Waals surface area (Å²) in [4.78, 5) is 0. The fraction of sp³-hybridized carbons (Fsp3) is 0.538. The molecule has 0 spiro atoms. The molecular formula is C13H20INO2Si2. The molecule has 2 aliphatic heterocycles. The monoisotopic (exact) mass is 405 g/mol. The normalized spacial score (nSPS) is 22.9. The fourth-order valence-electron chi connectivity index (χ4n) is 3.43. The van der Waals surface area contributed by atoms with Crippen molar-refractivity contribution in [3.8, 4) is 11.5 Å². The molecule has 2 heterocycles. The molecule has 1 saturated heterocycles. The molecule has 0 N–H and O–H groups in total. The van der Waals surface area contributed by atoms with E-state index in [0.29, 0.717) is 6.79 Å². The van der Waals surface area contributed by atoms with Crippen molar-refractivity contribution in [1.29, 1.82) is 0 Å². The van der Waals surface area contributed by atoms with Gasteiger partial charge in [0, 0.05) is 0 Å². The standard InChI is InChI=1S/C13H20INO2Si2/c1-18(2)7-8-19(3,4)15(18)11-6-5-10(14)12-13(11)17-9-16-12/h5-6H,7-9H2,1-4H3. The van der Waals surface area contributed by atoms with Gasteiger partial charge < -0.3 is 13.7 Å². The zero-order valence-electron chi connectivity index (χ0n) is 11.9. The van der Waals surface area contributed by atoms with Gasteiger partial charge in [-0.25, -0.2) is 0 Å². The fourth-order valence-corrected chi connectivity index (χ4v) is 18.2. The number of benzene rings is 1. The second kappa shape index (κ2) is 4.39. The van der Waals surface area contributed by atoms with E-state index < -0.39 is 16.5 Å². The molecule has 0 amide bonds. The predicted octanol–water partition coefficient (Wildman–Crippen LogP) is 4.25. The minimum absolute atomic E-state index is 0.361. The Bertz CT molecular complexity index is 518. The molecular weight excluding hydrogens is 385 g/mol. The lowest BCUT2D eigenvalue weighted by atomic mass is 10.3. The molecule has 0 radical (unpaired) electrons. The highest BCUT2D eigenvalue weighted by Gasteiger charge is 2.49. The summed E-state index contributed by atoms with van der Waals surface area (Å²) < 4.78 is 15.4. The van der Waals surface area contributed by atoms with Gasteiger partial charge in [0.2, 0.25) is 6.79 Å². The Balaban J connectivity index is 2.15. The van der Waals surface area contributed by atoms with E-state index in [1.165, 1.54) is 17.8 Å². The quantitative estimate of drug-likeness (QED) is 0.515. The van der Waals surface area contributed by atoms with Crippen molar-refractivity contribution in [3.05, 3.63) is 15.7 Å². The van der Waals surface area contributed by atoms with Crippen molar-refractivity contribution in [2.45, 2.75) is 38.3 Å². The van der Waals surface area contributed by atoms with Gasteiger partial charge in [-0.15, -0.1) is 0 Å². The molecule has 104 valence electrons. The Hall–Kier alpha value is -0.216. The third-order valence-corrected chi connectivity index (χ3v) is 15.1. The van der Waals surface area contributed by atoms with E-state index in [2.05, 4.69) is 65.1 Å².